The predicted molar refractivity (Wildman–Crippen MR) is 122 cm³/mol. The highest BCUT2D eigenvalue weighted by Crippen LogP contribution is 2.34. The molecule has 1 heterocycles. The van der Waals surface area contributed by atoms with Crippen molar-refractivity contribution in [1.29, 1.82) is 0 Å². The maximum Gasteiger partial charge on any atom is 0.282 e. The maximum absolute atomic E-state index is 13.4. The van der Waals surface area contributed by atoms with Crippen LogP contribution in [0.3, 0.4) is 0 Å². The van der Waals surface area contributed by atoms with Gasteiger partial charge in [-0.05, 0) is 67.8 Å². The van der Waals surface area contributed by atoms with E-state index in [4.69, 9.17) is 11.6 Å². The molecular formula is C25H21ClN2O2. The number of benzene rings is 3. The summed E-state index contributed by atoms with van der Waals surface area (Å²) < 4.78 is 0. The molecule has 2 amide bonds. The van der Waals surface area contributed by atoms with Gasteiger partial charge in [0.1, 0.15) is 5.70 Å². The molecule has 0 spiro atoms. The molecule has 3 aromatic rings. The van der Waals surface area contributed by atoms with Crippen molar-refractivity contribution in [3.63, 3.8) is 0 Å². The number of imide groups is 1. The van der Waals surface area contributed by atoms with Gasteiger partial charge in [0.15, 0.2) is 0 Å². The van der Waals surface area contributed by atoms with Crippen molar-refractivity contribution < 1.29 is 9.59 Å². The first-order valence-electron chi connectivity index (χ1n) is 9.65. The van der Waals surface area contributed by atoms with E-state index in [2.05, 4.69) is 5.32 Å². The number of halogens is 1. The Morgan fingerprint density at radius 2 is 1.40 bits per heavy atom. The van der Waals surface area contributed by atoms with E-state index in [9.17, 15) is 9.59 Å². The first-order valence-corrected chi connectivity index (χ1v) is 10.0. The Bertz CT molecular complexity index is 1180. The van der Waals surface area contributed by atoms with E-state index in [0.717, 1.165) is 22.4 Å². The molecule has 0 aliphatic carbocycles. The molecule has 150 valence electrons. The molecule has 0 saturated heterocycles. The lowest BCUT2D eigenvalue weighted by atomic mass is 10.0. The monoisotopic (exact) mass is 416 g/mol. The van der Waals surface area contributed by atoms with Crippen molar-refractivity contribution in [3.05, 3.63) is 99.7 Å². The first kappa shape index (κ1) is 19.9. The van der Waals surface area contributed by atoms with Crippen molar-refractivity contribution in [2.24, 2.45) is 0 Å². The second-order valence-corrected chi connectivity index (χ2v) is 7.92. The van der Waals surface area contributed by atoms with Crippen LogP contribution in [0.5, 0.6) is 0 Å². The molecule has 0 unspecified atom stereocenters. The summed E-state index contributed by atoms with van der Waals surface area (Å²) in [5.41, 5.74) is 5.66. The Kier molecular flexibility index (Phi) is 5.18. The highest BCUT2D eigenvalue weighted by molar-refractivity contribution is 6.46. The zero-order chi connectivity index (χ0) is 21.4. The summed E-state index contributed by atoms with van der Waals surface area (Å²) in [6.45, 7) is 5.91. The molecular weight excluding hydrogens is 396 g/mol. The van der Waals surface area contributed by atoms with Crippen LogP contribution in [0.1, 0.15) is 22.3 Å². The zero-order valence-electron chi connectivity index (χ0n) is 17.0. The van der Waals surface area contributed by atoms with Crippen LogP contribution < -0.4 is 10.2 Å². The maximum atomic E-state index is 13.4. The molecule has 3 aromatic carbocycles. The van der Waals surface area contributed by atoms with Crippen molar-refractivity contribution >= 4 is 40.4 Å². The molecule has 0 atom stereocenters. The van der Waals surface area contributed by atoms with Crippen LogP contribution in [-0.2, 0) is 9.59 Å². The minimum Gasteiger partial charge on any atom is -0.350 e. The number of nitrogens with zero attached hydrogens (tertiary/aromatic N) is 1. The number of hydrogen-bond donors (Lipinski definition) is 1. The van der Waals surface area contributed by atoms with E-state index in [1.165, 1.54) is 4.90 Å². The fourth-order valence-corrected chi connectivity index (χ4v) is 3.59. The summed E-state index contributed by atoms with van der Waals surface area (Å²) in [5.74, 6) is -0.742. The summed E-state index contributed by atoms with van der Waals surface area (Å²) in [4.78, 5) is 28.0. The van der Waals surface area contributed by atoms with Crippen LogP contribution in [0.25, 0.3) is 5.57 Å². The number of hydrogen-bond acceptors (Lipinski definition) is 3. The summed E-state index contributed by atoms with van der Waals surface area (Å²) in [7, 11) is 0. The second-order valence-electron chi connectivity index (χ2n) is 7.48. The third-order valence-electron chi connectivity index (χ3n) is 5.16. The van der Waals surface area contributed by atoms with Crippen LogP contribution >= 0.6 is 11.6 Å². The number of anilines is 2. The van der Waals surface area contributed by atoms with Crippen molar-refractivity contribution in [2.45, 2.75) is 20.8 Å². The van der Waals surface area contributed by atoms with Crippen molar-refractivity contribution in [2.75, 3.05) is 10.2 Å². The summed E-state index contributed by atoms with van der Waals surface area (Å²) in [5, 5.41) is 3.80. The van der Waals surface area contributed by atoms with Gasteiger partial charge in [-0.25, -0.2) is 4.90 Å². The van der Waals surface area contributed by atoms with E-state index >= 15 is 0 Å². The minimum absolute atomic E-state index is 0.261. The summed E-state index contributed by atoms with van der Waals surface area (Å²) in [6, 6.07) is 20.2. The van der Waals surface area contributed by atoms with E-state index in [0.29, 0.717) is 21.8 Å². The lowest BCUT2D eigenvalue weighted by Crippen LogP contribution is -2.32. The van der Waals surface area contributed by atoms with Gasteiger partial charge in [0, 0.05) is 10.7 Å². The molecule has 5 heteroatoms. The molecule has 0 bridgehead atoms. The number of nitrogens with one attached hydrogen (secondary N) is 1. The van der Waals surface area contributed by atoms with E-state index in [-0.39, 0.29) is 17.5 Å². The predicted octanol–water partition coefficient (Wildman–Crippen LogP) is 5.66. The molecule has 0 fully saturated rings. The SMILES string of the molecule is Cc1ccc(N2C(=O)C(Nc3cc(C)ccc3C)=C(c3ccc(Cl)cc3)C2=O)cc1. The quantitative estimate of drug-likeness (QED) is 0.558. The summed E-state index contributed by atoms with van der Waals surface area (Å²) in [6.07, 6.45) is 0. The number of aryl methyl sites for hydroxylation is 3. The smallest absolute Gasteiger partial charge is 0.282 e. The Balaban J connectivity index is 1.84. The normalized spacial score (nSPS) is 13.9. The van der Waals surface area contributed by atoms with E-state index in [1.807, 2.05) is 51.1 Å². The molecule has 0 saturated carbocycles. The van der Waals surface area contributed by atoms with Gasteiger partial charge in [-0.3, -0.25) is 9.59 Å². The third-order valence-corrected chi connectivity index (χ3v) is 5.41. The van der Waals surface area contributed by atoms with Gasteiger partial charge in [-0.15, -0.1) is 0 Å². The molecule has 1 aliphatic rings. The first-order chi connectivity index (χ1) is 14.3. The van der Waals surface area contributed by atoms with Crippen LogP contribution in [-0.4, -0.2) is 11.8 Å². The molecule has 30 heavy (non-hydrogen) atoms. The summed E-state index contributed by atoms with van der Waals surface area (Å²) >= 11 is 6.03. The Hall–Kier alpha value is -3.37. The zero-order valence-corrected chi connectivity index (χ0v) is 17.7. The molecule has 0 aromatic heterocycles. The highest BCUT2D eigenvalue weighted by atomic mass is 35.5. The Labute approximate surface area is 180 Å². The van der Waals surface area contributed by atoms with Crippen LogP contribution in [0, 0.1) is 20.8 Å². The standard InChI is InChI=1S/C25H21ClN2O2/c1-15-5-12-20(13-6-15)28-24(29)22(18-8-10-19(26)11-9-18)23(25(28)30)27-21-14-16(2)4-7-17(21)3/h4-14,27H,1-3H3. The lowest BCUT2D eigenvalue weighted by molar-refractivity contribution is -0.120. The molecule has 0 radical (unpaired) electrons. The number of rotatable bonds is 4. The van der Waals surface area contributed by atoms with E-state index in [1.54, 1.807) is 36.4 Å². The molecule has 1 N–H and O–H groups in total. The Morgan fingerprint density at radius 1 is 0.767 bits per heavy atom. The lowest BCUT2D eigenvalue weighted by Gasteiger charge is -2.16. The molecule has 1 aliphatic heterocycles. The van der Waals surface area contributed by atoms with Gasteiger partial charge in [-0.2, -0.15) is 0 Å². The largest absolute Gasteiger partial charge is 0.350 e. The fourth-order valence-electron chi connectivity index (χ4n) is 3.46. The van der Waals surface area contributed by atoms with Crippen molar-refractivity contribution in [3.8, 4) is 0 Å². The van der Waals surface area contributed by atoms with Gasteiger partial charge >= 0.3 is 0 Å². The van der Waals surface area contributed by atoms with Crippen LogP contribution in [0.15, 0.2) is 72.4 Å². The average Bonchev–Trinajstić information content (AvgIpc) is 2.96. The Morgan fingerprint density at radius 3 is 2.07 bits per heavy atom. The van der Waals surface area contributed by atoms with Crippen molar-refractivity contribution in [1.82, 2.24) is 0 Å². The fraction of sp³-hybridized carbons (Fsp3) is 0.120. The second kappa shape index (κ2) is 7.81. The van der Waals surface area contributed by atoms with Gasteiger partial charge in [0.05, 0.1) is 11.3 Å². The molecule has 4 nitrogen and oxygen atoms in total. The van der Waals surface area contributed by atoms with Gasteiger partial charge < -0.3 is 5.32 Å². The van der Waals surface area contributed by atoms with Gasteiger partial charge in [0.25, 0.3) is 11.8 Å². The number of carbonyl (C=O) groups is 2. The molecule has 4 rings (SSSR count). The highest BCUT2D eigenvalue weighted by Gasteiger charge is 2.40. The minimum atomic E-state index is -0.380. The van der Waals surface area contributed by atoms with Gasteiger partial charge in [-0.1, -0.05) is 53.6 Å². The third kappa shape index (κ3) is 3.62. The average molecular weight is 417 g/mol. The van der Waals surface area contributed by atoms with Gasteiger partial charge in [0.2, 0.25) is 0 Å². The number of amides is 2. The topological polar surface area (TPSA) is 49.4 Å². The van der Waals surface area contributed by atoms with Crippen LogP contribution in [0.4, 0.5) is 11.4 Å². The van der Waals surface area contributed by atoms with E-state index < -0.39 is 0 Å². The van der Waals surface area contributed by atoms with Crippen LogP contribution in [0.2, 0.25) is 5.02 Å². The number of carbonyl (C=O) groups excluding carboxylic acids is 2.